The molecule has 0 saturated heterocycles. The number of nitrogens with zero attached hydrogens (tertiary/aromatic N) is 2. The van der Waals surface area contributed by atoms with Crippen LogP contribution in [-0.2, 0) is 22.4 Å². The van der Waals surface area contributed by atoms with Crippen LogP contribution >= 0.6 is 0 Å². The fourth-order valence-corrected chi connectivity index (χ4v) is 4.67. The fourth-order valence-electron chi connectivity index (χ4n) is 4.67. The van der Waals surface area contributed by atoms with Gasteiger partial charge in [0.05, 0.1) is 6.04 Å². The number of carbonyl (C=O) groups is 2. The zero-order valence-electron chi connectivity index (χ0n) is 21.6. The molecule has 4 rings (SSSR count). The van der Waals surface area contributed by atoms with Crippen LogP contribution in [0.5, 0.6) is 5.75 Å². The molecule has 2 aromatic carbocycles. The molecule has 0 aliphatic carbocycles. The molecule has 37 heavy (non-hydrogen) atoms. The van der Waals surface area contributed by atoms with Crippen LogP contribution in [0.25, 0.3) is 0 Å². The van der Waals surface area contributed by atoms with Crippen molar-refractivity contribution in [3.63, 3.8) is 0 Å². The van der Waals surface area contributed by atoms with Gasteiger partial charge >= 0.3 is 0 Å². The van der Waals surface area contributed by atoms with Gasteiger partial charge in [0.25, 0.3) is 5.91 Å². The van der Waals surface area contributed by atoms with Crippen LogP contribution in [0.4, 0.5) is 4.39 Å². The Morgan fingerprint density at radius 2 is 1.89 bits per heavy atom. The molecule has 1 aliphatic rings. The number of nitrogens with one attached hydrogen (secondary N) is 1. The summed E-state index contributed by atoms with van der Waals surface area (Å²) in [5.41, 5.74) is 3.81. The third-order valence-electron chi connectivity index (χ3n) is 6.52. The topological polar surface area (TPSA) is 71.5 Å². The largest absolute Gasteiger partial charge is 0.481 e. The van der Waals surface area contributed by atoms with Gasteiger partial charge in [0, 0.05) is 37.8 Å². The van der Waals surface area contributed by atoms with Crippen molar-refractivity contribution < 1.29 is 18.7 Å². The van der Waals surface area contributed by atoms with Crippen LogP contribution in [0.3, 0.4) is 0 Å². The van der Waals surface area contributed by atoms with Crippen LogP contribution in [0.2, 0.25) is 0 Å². The normalized spacial score (nSPS) is 15.7. The molecule has 0 saturated carbocycles. The Labute approximate surface area is 217 Å². The molecule has 0 spiro atoms. The number of hydrogen-bond donors (Lipinski definition) is 1. The zero-order chi connectivity index (χ0) is 26.4. The van der Waals surface area contributed by atoms with Crippen molar-refractivity contribution in [3.8, 4) is 5.75 Å². The Morgan fingerprint density at radius 1 is 1.11 bits per heavy atom. The number of benzene rings is 2. The molecule has 2 atom stereocenters. The molecule has 7 heteroatoms. The minimum atomic E-state index is -0.701. The summed E-state index contributed by atoms with van der Waals surface area (Å²) in [5.74, 6) is 0.324. The highest BCUT2D eigenvalue weighted by molar-refractivity contribution is 5.80. The van der Waals surface area contributed by atoms with E-state index in [4.69, 9.17) is 4.74 Å². The summed E-state index contributed by atoms with van der Waals surface area (Å²) in [6.45, 7) is 6.82. The maximum Gasteiger partial charge on any atom is 0.260 e. The smallest absolute Gasteiger partial charge is 0.260 e. The standard InChI is InChI=1S/C30H34FN3O3/c1-20(2)18-28(35)34-17-14-22-9-12-26(19-27(22)29(34)23-7-10-24(31)11-8-23)37-21(3)30(36)33-16-13-25-6-4-5-15-32-25/h4-12,15,19-21,29H,13-14,16-18H2,1-3H3,(H,33,36)/t21-,29-/m0/s1. The number of fused-ring (bicyclic) bond motifs is 1. The Morgan fingerprint density at radius 3 is 2.59 bits per heavy atom. The average molecular weight is 504 g/mol. The summed E-state index contributed by atoms with van der Waals surface area (Å²) in [6.07, 6.45) is 2.83. The summed E-state index contributed by atoms with van der Waals surface area (Å²) in [7, 11) is 0. The van der Waals surface area contributed by atoms with E-state index in [0.717, 1.165) is 28.8 Å². The minimum absolute atomic E-state index is 0.0712. The van der Waals surface area contributed by atoms with E-state index in [-0.39, 0.29) is 29.6 Å². The van der Waals surface area contributed by atoms with Crippen molar-refractivity contribution in [2.24, 2.45) is 5.92 Å². The van der Waals surface area contributed by atoms with E-state index in [1.807, 2.05) is 55.1 Å². The SMILES string of the molecule is CC(C)CC(=O)N1CCc2ccc(O[C@@H](C)C(=O)NCCc3ccccn3)cc2[C@@H]1c1ccc(F)cc1. The van der Waals surface area contributed by atoms with Crippen molar-refractivity contribution in [3.05, 3.63) is 95.1 Å². The van der Waals surface area contributed by atoms with Crippen molar-refractivity contribution in [2.75, 3.05) is 13.1 Å². The van der Waals surface area contributed by atoms with Crippen LogP contribution < -0.4 is 10.1 Å². The van der Waals surface area contributed by atoms with Crippen molar-refractivity contribution in [1.82, 2.24) is 15.2 Å². The van der Waals surface area contributed by atoms with E-state index in [1.54, 1.807) is 25.3 Å². The Bertz CT molecular complexity index is 1210. The first-order valence-corrected chi connectivity index (χ1v) is 12.8. The lowest BCUT2D eigenvalue weighted by molar-refractivity contribution is -0.134. The molecule has 1 N–H and O–H groups in total. The highest BCUT2D eigenvalue weighted by atomic mass is 19.1. The van der Waals surface area contributed by atoms with E-state index >= 15 is 0 Å². The van der Waals surface area contributed by atoms with E-state index < -0.39 is 6.10 Å². The van der Waals surface area contributed by atoms with E-state index in [0.29, 0.717) is 31.7 Å². The lowest BCUT2D eigenvalue weighted by atomic mass is 9.87. The second-order valence-electron chi connectivity index (χ2n) is 9.87. The first-order chi connectivity index (χ1) is 17.8. The molecular weight excluding hydrogens is 469 g/mol. The monoisotopic (exact) mass is 503 g/mol. The van der Waals surface area contributed by atoms with Gasteiger partial charge in [-0.05, 0) is 72.4 Å². The number of amides is 2. The molecule has 1 aliphatic heterocycles. The van der Waals surface area contributed by atoms with Gasteiger partial charge in [-0.1, -0.05) is 38.1 Å². The van der Waals surface area contributed by atoms with Gasteiger partial charge in [-0.3, -0.25) is 14.6 Å². The van der Waals surface area contributed by atoms with Gasteiger partial charge < -0.3 is 15.0 Å². The molecule has 3 aromatic rings. The molecular formula is C30H34FN3O3. The molecule has 194 valence electrons. The molecule has 2 amide bonds. The number of pyridine rings is 1. The van der Waals surface area contributed by atoms with Gasteiger partial charge in [0.1, 0.15) is 11.6 Å². The third kappa shape index (κ3) is 6.73. The van der Waals surface area contributed by atoms with E-state index in [2.05, 4.69) is 10.3 Å². The molecule has 0 bridgehead atoms. The molecule has 1 aromatic heterocycles. The van der Waals surface area contributed by atoms with Crippen LogP contribution in [0, 0.1) is 11.7 Å². The van der Waals surface area contributed by atoms with E-state index in [1.165, 1.54) is 12.1 Å². The summed E-state index contributed by atoms with van der Waals surface area (Å²) in [4.78, 5) is 32.0. The van der Waals surface area contributed by atoms with Crippen LogP contribution in [0.1, 0.15) is 55.6 Å². The fraction of sp³-hybridized carbons (Fsp3) is 0.367. The number of carbonyl (C=O) groups excluding carboxylic acids is 2. The molecule has 0 radical (unpaired) electrons. The van der Waals surface area contributed by atoms with Crippen molar-refractivity contribution >= 4 is 11.8 Å². The summed E-state index contributed by atoms with van der Waals surface area (Å²) < 4.78 is 19.7. The zero-order valence-corrected chi connectivity index (χ0v) is 21.6. The number of aromatic nitrogens is 1. The first kappa shape index (κ1) is 26.3. The lowest BCUT2D eigenvalue weighted by Crippen LogP contribution is -2.41. The summed E-state index contributed by atoms with van der Waals surface area (Å²) in [6, 6.07) is 17.4. The Hall–Kier alpha value is -3.74. The first-order valence-electron chi connectivity index (χ1n) is 12.8. The van der Waals surface area contributed by atoms with Gasteiger partial charge in [-0.2, -0.15) is 0 Å². The summed E-state index contributed by atoms with van der Waals surface area (Å²) >= 11 is 0. The average Bonchev–Trinajstić information content (AvgIpc) is 2.88. The number of ether oxygens (including phenoxy) is 1. The maximum absolute atomic E-state index is 13.7. The van der Waals surface area contributed by atoms with Crippen LogP contribution in [0.15, 0.2) is 66.9 Å². The number of halogens is 1. The number of rotatable bonds is 9. The van der Waals surface area contributed by atoms with Gasteiger partial charge in [0.15, 0.2) is 6.10 Å². The predicted molar refractivity (Wildman–Crippen MR) is 141 cm³/mol. The number of hydrogen-bond acceptors (Lipinski definition) is 4. The Balaban J connectivity index is 1.51. The van der Waals surface area contributed by atoms with Gasteiger partial charge in [-0.25, -0.2) is 4.39 Å². The van der Waals surface area contributed by atoms with Gasteiger partial charge in [-0.15, -0.1) is 0 Å². The molecule has 6 nitrogen and oxygen atoms in total. The predicted octanol–water partition coefficient (Wildman–Crippen LogP) is 4.87. The van der Waals surface area contributed by atoms with Crippen molar-refractivity contribution in [1.29, 1.82) is 0 Å². The highest BCUT2D eigenvalue weighted by Crippen LogP contribution is 2.38. The Kier molecular flexibility index (Phi) is 8.54. The molecule has 0 unspecified atom stereocenters. The molecule has 2 heterocycles. The maximum atomic E-state index is 13.7. The quantitative estimate of drug-likeness (QED) is 0.452. The van der Waals surface area contributed by atoms with Gasteiger partial charge in [0.2, 0.25) is 5.91 Å². The third-order valence-corrected chi connectivity index (χ3v) is 6.52. The highest BCUT2D eigenvalue weighted by Gasteiger charge is 2.32. The van der Waals surface area contributed by atoms with E-state index in [9.17, 15) is 14.0 Å². The lowest BCUT2D eigenvalue weighted by Gasteiger charge is -2.38. The van der Waals surface area contributed by atoms with Crippen molar-refractivity contribution in [2.45, 2.75) is 52.2 Å². The second-order valence-corrected chi connectivity index (χ2v) is 9.87. The minimum Gasteiger partial charge on any atom is -0.481 e. The van der Waals surface area contributed by atoms with Crippen LogP contribution in [-0.4, -0.2) is 40.9 Å². The second kappa shape index (κ2) is 12.0. The molecule has 0 fully saturated rings. The summed E-state index contributed by atoms with van der Waals surface area (Å²) in [5, 5.41) is 2.90.